The lowest BCUT2D eigenvalue weighted by molar-refractivity contribution is -0.137. The first-order valence-corrected chi connectivity index (χ1v) is 14.4. The summed E-state index contributed by atoms with van der Waals surface area (Å²) in [5.41, 5.74) is 11.1. The third-order valence-corrected chi connectivity index (χ3v) is 7.48. The van der Waals surface area contributed by atoms with Gasteiger partial charge in [-0.2, -0.15) is 0 Å². The molecule has 0 aliphatic carbocycles. The molecule has 3 amide bonds. The van der Waals surface area contributed by atoms with Crippen molar-refractivity contribution >= 4 is 45.5 Å². The summed E-state index contributed by atoms with van der Waals surface area (Å²) in [6, 6.07) is 16.3. The third-order valence-electron chi connectivity index (χ3n) is 7.48. The first-order valence-electron chi connectivity index (χ1n) is 14.4. The number of para-hydroxylation sites is 1. The number of unbranched alkanes of at least 4 members (excludes halogenated alkanes) is 3. The Morgan fingerprint density at radius 1 is 0.902 bits per heavy atom. The first kappa shape index (κ1) is 28.0. The van der Waals surface area contributed by atoms with Crippen molar-refractivity contribution in [1.29, 1.82) is 0 Å². The van der Waals surface area contributed by atoms with E-state index in [4.69, 9.17) is 10.7 Å². The Bertz CT molecular complexity index is 1590. The fourth-order valence-corrected chi connectivity index (χ4v) is 5.22. The molecule has 0 saturated heterocycles. The molecule has 9 heteroatoms. The van der Waals surface area contributed by atoms with Gasteiger partial charge in [-0.15, -0.1) is 0 Å². The van der Waals surface area contributed by atoms with Crippen molar-refractivity contribution < 1.29 is 14.4 Å². The minimum atomic E-state index is -0.260. The predicted octanol–water partition coefficient (Wildman–Crippen LogP) is 4.66. The van der Waals surface area contributed by atoms with Crippen LogP contribution in [0.15, 0.2) is 60.7 Å². The van der Waals surface area contributed by atoms with Crippen molar-refractivity contribution in [3.05, 3.63) is 77.6 Å². The fraction of sp³-hybridized carbons (Fsp3) is 0.344. The smallest absolute Gasteiger partial charge is 0.253 e. The minimum Gasteiger partial charge on any atom is -0.382 e. The van der Waals surface area contributed by atoms with Gasteiger partial charge in [-0.05, 0) is 36.5 Å². The molecule has 3 N–H and O–H groups in total. The maximum absolute atomic E-state index is 12.3. The van der Waals surface area contributed by atoms with Crippen LogP contribution in [-0.2, 0) is 33.9 Å². The average molecular weight is 553 g/mol. The molecule has 3 heterocycles. The molecule has 0 bridgehead atoms. The van der Waals surface area contributed by atoms with E-state index in [1.807, 2.05) is 30.3 Å². The molecule has 0 atom stereocenters. The molecule has 2 aromatic heterocycles. The summed E-state index contributed by atoms with van der Waals surface area (Å²) in [7, 11) is 0. The minimum absolute atomic E-state index is 0.00686. The van der Waals surface area contributed by atoms with Crippen molar-refractivity contribution in [2.24, 2.45) is 0 Å². The highest BCUT2D eigenvalue weighted by Crippen LogP contribution is 2.30. The van der Waals surface area contributed by atoms with E-state index < -0.39 is 0 Å². The maximum Gasteiger partial charge on any atom is 0.253 e. The largest absolute Gasteiger partial charge is 0.382 e. The summed E-state index contributed by atoms with van der Waals surface area (Å²) < 4.78 is 2.27. The van der Waals surface area contributed by atoms with Crippen LogP contribution >= 0.6 is 0 Å². The molecule has 9 nitrogen and oxygen atoms in total. The van der Waals surface area contributed by atoms with E-state index in [0.29, 0.717) is 44.7 Å². The van der Waals surface area contributed by atoms with Gasteiger partial charge in [0.05, 0.1) is 11.0 Å². The lowest BCUT2D eigenvalue weighted by atomic mass is 10.1. The maximum atomic E-state index is 12.3. The van der Waals surface area contributed by atoms with Gasteiger partial charge >= 0.3 is 0 Å². The van der Waals surface area contributed by atoms with Crippen LogP contribution in [0.25, 0.3) is 21.9 Å². The Labute approximate surface area is 239 Å². The quantitative estimate of drug-likeness (QED) is 0.184. The van der Waals surface area contributed by atoms with E-state index in [-0.39, 0.29) is 17.7 Å². The monoisotopic (exact) mass is 552 g/mol. The van der Waals surface area contributed by atoms with Gasteiger partial charge in [-0.3, -0.25) is 19.3 Å². The molecule has 212 valence electrons. The number of nitrogens with two attached hydrogens (primary N) is 1. The molecule has 0 radical (unpaired) electrons. The molecular weight excluding hydrogens is 516 g/mol. The molecule has 0 fully saturated rings. The number of amides is 3. The number of anilines is 1. The van der Waals surface area contributed by atoms with Gasteiger partial charge in [-0.25, -0.2) is 9.97 Å². The summed E-state index contributed by atoms with van der Waals surface area (Å²) in [5.74, 6) is 0.940. The molecular formula is C32H36N6O3. The zero-order valence-electron chi connectivity index (χ0n) is 23.4. The zero-order chi connectivity index (χ0) is 28.8. The Morgan fingerprint density at radius 3 is 2.39 bits per heavy atom. The number of hydrogen-bond acceptors (Lipinski definition) is 6. The second-order valence-corrected chi connectivity index (χ2v) is 10.5. The van der Waals surface area contributed by atoms with Crippen LogP contribution in [-0.4, -0.2) is 43.7 Å². The lowest BCUT2D eigenvalue weighted by Crippen LogP contribution is -2.30. The van der Waals surface area contributed by atoms with Gasteiger partial charge in [0, 0.05) is 50.0 Å². The standard InChI is InChI=1S/C32H36N6O3/c1-2-3-11-26-36-30-31(24-9-6-7-10-25(24)35-32(30)33)38(26)21-23-15-13-22(14-16-23)20-34-27(39)12-5-4-8-19-37-28(40)17-18-29(37)41/h6-7,9-10,13-18H,2-5,8,11-12,19-21H2,1H3,(H2,33,35)(H,34,39). The van der Waals surface area contributed by atoms with Crippen LogP contribution in [0.3, 0.4) is 0 Å². The van der Waals surface area contributed by atoms with Crippen LogP contribution in [0.5, 0.6) is 0 Å². The topological polar surface area (TPSA) is 123 Å². The van der Waals surface area contributed by atoms with E-state index in [1.54, 1.807) is 0 Å². The fourth-order valence-electron chi connectivity index (χ4n) is 5.22. The number of nitrogen functional groups attached to an aromatic ring is 1. The van der Waals surface area contributed by atoms with Crippen molar-refractivity contribution in [2.75, 3.05) is 12.3 Å². The molecule has 4 aromatic rings. The number of hydrogen-bond donors (Lipinski definition) is 2. The van der Waals surface area contributed by atoms with Crippen LogP contribution in [0.1, 0.15) is 62.4 Å². The molecule has 41 heavy (non-hydrogen) atoms. The van der Waals surface area contributed by atoms with Crippen molar-refractivity contribution in [2.45, 2.75) is 65.0 Å². The number of imidazole rings is 1. The number of aryl methyl sites for hydroxylation is 1. The number of rotatable bonds is 13. The van der Waals surface area contributed by atoms with Gasteiger partial charge < -0.3 is 15.6 Å². The molecule has 5 rings (SSSR count). The summed E-state index contributed by atoms with van der Waals surface area (Å²) >= 11 is 0. The van der Waals surface area contributed by atoms with E-state index >= 15 is 0 Å². The van der Waals surface area contributed by atoms with Gasteiger partial charge in [0.25, 0.3) is 11.8 Å². The normalized spacial score (nSPS) is 13.1. The van der Waals surface area contributed by atoms with Crippen LogP contribution in [0.2, 0.25) is 0 Å². The van der Waals surface area contributed by atoms with Gasteiger partial charge in [-0.1, -0.05) is 62.2 Å². The number of pyridine rings is 1. The van der Waals surface area contributed by atoms with Gasteiger partial charge in [0.2, 0.25) is 5.91 Å². The molecule has 0 saturated carbocycles. The SMILES string of the molecule is CCCCc1nc2c(N)nc3ccccc3c2n1Cc1ccc(CNC(=O)CCCCCN2C(=O)C=CC2=O)cc1. The van der Waals surface area contributed by atoms with E-state index in [9.17, 15) is 14.4 Å². The summed E-state index contributed by atoms with van der Waals surface area (Å²) in [4.78, 5) is 46.2. The number of imide groups is 1. The highest BCUT2D eigenvalue weighted by molar-refractivity contribution is 6.12. The van der Waals surface area contributed by atoms with Crippen LogP contribution < -0.4 is 11.1 Å². The zero-order valence-corrected chi connectivity index (χ0v) is 23.4. The van der Waals surface area contributed by atoms with Gasteiger partial charge in [0.15, 0.2) is 5.82 Å². The average Bonchev–Trinajstić information content (AvgIpc) is 3.50. The van der Waals surface area contributed by atoms with E-state index in [2.05, 4.69) is 40.0 Å². The number of nitrogens with zero attached hydrogens (tertiary/aromatic N) is 4. The lowest BCUT2D eigenvalue weighted by Gasteiger charge is -2.13. The van der Waals surface area contributed by atoms with Crippen LogP contribution in [0, 0.1) is 0 Å². The van der Waals surface area contributed by atoms with E-state index in [1.165, 1.54) is 17.1 Å². The number of aromatic nitrogens is 3. The number of carbonyl (C=O) groups excluding carboxylic acids is 3. The number of carbonyl (C=O) groups is 3. The van der Waals surface area contributed by atoms with Crippen molar-refractivity contribution in [3.8, 4) is 0 Å². The molecule has 1 aliphatic heterocycles. The Kier molecular flexibility index (Phi) is 8.72. The van der Waals surface area contributed by atoms with Crippen molar-refractivity contribution in [1.82, 2.24) is 24.8 Å². The molecule has 0 spiro atoms. The molecule has 0 unspecified atom stereocenters. The Balaban J connectivity index is 1.18. The Hall–Kier alpha value is -4.53. The third kappa shape index (κ3) is 6.45. The van der Waals surface area contributed by atoms with E-state index in [0.717, 1.165) is 64.6 Å². The highest BCUT2D eigenvalue weighted by atomic mass is 16.2. The second kappa shape index (κ2) is 12.8. The Morgan fingerprint density at radius 2 is 1.63 bits per heavy atom. The highest BCUT2D eigenvalue weighted by Gasteiger charge is 2.22. The summed E-state index contributed by atoms with van der Waals surface area (Å²) in [6.07, 6.45) is 8.18. The second-order valence-electron chi connectivity index (χ2n) is 10.5. The van der Waals surface area contributed by atoms with Gasteiger partial charge in [0.1, 0.15) is 11.3 Å². The summed E-state index contributed by atoms with van der Waals surface area (Å²) in [5, 5.41) is 4.03. The predicted molar refractivity (Wildman–Crippen MR) is 160 cm³/mol. The number of benzene rings is 2. The molecule has 2 aromatic carbocycles. The number of fused-ring (bicyclic) bond motifs is 3. The summed E-state index contributed by atoms with van der Waals surface area (Å²) in [6.45, 7) is 3.70. The van der Waals surface area contributed by atoms with Crippen molar-refractivity contribution in [3.63, 3.8) is 0 Å². The number of nitrogens with one attached hydrogen (secondary N) is 1. The van der Waals surface area contributed by atoms with Crippen LogP contribution in [0.4, 0.5) is 5.82 Å². The first-order chi connectivity index (χ1) is 19.9. The molecule has 1 aliphatic rings.